The Morgan fingerprint density at radius 1 is 1.52 bits per heavy atom. The van der Waals surface area contributed by atoms with E-state index in [1.54, 1.807) is 14.2 Å². The minimum Gasteiger partial charge on any atom is -0.481 e. The van der Waals surface area contributed by atoms with Gasteiger partial charge in [-0.05, 0) is 18.9 Å². The first-order valence-electron chi connectivity index (χ1n) is 8.36. The lowest BCUT2D eigenvalue weighted by atomic mass is 9.79. The van der Waals surface area contributed by atoms with Crippen LogP contribution in [-0.2, 0) is 11.3 Å². The number of piperidine rings is 1. The molecule has 138 valence electrons. The number of hydrogen-bond acceptors (Lipinski definition) is 4. The highest BCUT2D eigenvalue weighted by molar-refractivity contribution is 14.0. The van der Waals surface area contributed by atoms with Crippen LogP contribution in [0.1, 0.15) is 25.0 Å². The molecule has 2 saturated heterocycles. The van der Waals surface area contributed by atoms with Gasteiger partial charge in [-0.3, -0.25) is 9.79 Å². The first kappa shape index (κ1) is 19.7. The molecule has 1 aromatic rings. The molecule has 2 aliphatic heterocycles. The summed E-state index contributed by atoms with van der Waals surface area (Å²) in [5.41, 5.74) is 0.959. The Kier molecular flexibility index (Phi) is 6.86. The monoisotopic (exact) mass is 459 g/mol. The second-order valence-electron chi connectivity index (χ2n) is 6.55. The average Bonchev–Trinajstić information content (AvgIpc) is 2.95. The molecule has 1 unspecified atom stereocenters. The van der Waals surface area contributed by atoms with Crippen LogP contribution in [0.4, 0.5) is 0 Å². The number of carbonyl (C=O) groups excluding carboxylic acids is 1. The summed E-state index contributed by atoms with van der Waals surface area (Å²) < 4.78 is 5.16. The zero-order valence-corrected chi connectivity index (χ0v) is 17.1. The van der Waals surface area contributed by atoms with E-state index in [-0.39, 0.29) is 35.3 Å². The molecule has 0 radical (unpaired) electrons. The minimum absolute atomic E-state index is 0. The summed E-state index contributed by atoms with van der Waals surface area (Å²) in [5, 5.41) is 6.36. The smallest absolute Gasteiger partial charge is 0.220 e. The van der Waals surface area contributed by atoms with Crippen molar-refractivity contribution >= 4 is 35.8 Å². The van der Waals surface area contributed by atoms with Gasteiger partial charge in [0.2, 0.25) is 11.8 Å². The van der Waals surface area contributed by atoms with E-state index < -0.39 is 0 Å². The quantitative estimate of drug-likeness (QED) is 0.406. The first-order valence-corrected chi connectivity index (χ1v) is 8.36. The molecule has 1 aromatic heterocycles. The number of hydrogen-bond donors (Lipinski definition) is 2. The van der Waals surface area contributed by atoms with Crippen LogP contribution in [0.15, 0.2) is 23.2 Å². The molecule has 3 rings (SSSR count). The van der Waals surface area contributed by atoms with Gasteiger partial charge in [-0.25, -0.2) is 4.98 Å². The maximum absolute atomic E-state index is 11.6. The number of halogens is 1. The van der Waals surface area contributed by atoms with E-state index >= 15 is 0 Å². The van der Waals surface area contributed by atoms with Crippen LogP contribution in [0.2, 0.25) is 0 Å². The van der Waals surface area contributed by atoms with Crippen molar-refractivity contribution in [2.45, 2.75) is 25.8 Å². The van der Waals surface area contributed by atoms with Crippen molar-refractivity contribution in [1.29, 1.82) is 0 Å². The number of amides is 1. The number of aromatic nitrogens is 1. The fourth-order valence-corrected chi connectivity index (χ4v) is 3.60. The molecule has 2 fully saturated rings. The predicted molar refractivity (Wildman–Crippen MR) is 107 cm³/mol. The average molecular weight is 459 g/mol. The van der Waals surface area contributed by atoms with E-state index in [2.05, 4.69) is 25.5 Å². The molecule has 8 heteroatoms. The largest absolute Gasteiger partial charge is 0.481 e. The van der Waals surface area contributed by atoms with Crippen molar-refractivity contribution in [2.75, 3.05) is 33.8 Å². The fourth-order valence-electron chi connectivity index (χ4n) is 3.60. The lowest BCUT2D eigenvalue weighted by molar-refractivity contribution is -0.119. The molecule has 1 atom stereocenters. The molecule has 1 spiro atoms. The topological polar surface area (TPSA) is 78.9 Å². The molecule has 7 nitrogen and oxygen atoms in total. The number of ether oxygens (including phenoxy) is 1. The molecule has 0 saturated carbocycles. The van der Waals surface area contributed by atoms with E-state index in [4.69, 9.17) is 4.74 Å². The van der Waals surface area contributed by atoms with Gasteiger partial charge in [0.25, 0.3) is 0 Å². The van der Waals surface area contributed by atoms with Crippen LogP contribution in [0.3, 0.4) is 0 Å². The van der Waals surface area contributed by atoms with Gasteiger partial charge in [-0.15, -0.1) is 24.0 Å². The lowest BCUT2D eigenvalue weighted by Gasteiger charge is -2.40. The summed E-state index contributed by atoms with van der Waals surface area (Å²) in [5.74, 6) is 1.63. The number of nitrogens with one attached hydrogen (secondary N) is 2. The predicted octanol–water partition coefficient (Wildman–Crippen LogP) is 1.39. The third kappa shape index (κ3) is 4.74. The molecule has 2 N–H and O–H groups in total. The van der Waals surface area contributed by atoms with Crippen molar-refractivity contribution in [3.63, 3.8) is 0 Å². The van der Waals surface area contributed by atoms with Crippen molar-refractivity contribution < 1.29 is 9.53 Å². The summed E-state index contributed by atoms with van der Waals surface area (Å²) in [6, 6.07) is 5.72. The summed E-state index contributed by atoms with van der Waals surface area (Å²) >= 11 is 0. The fraction of sp³-hybridized carbons (Fsp3) is 0.588. The molecule has 0 aliphatic carbocycles. The third-order valence-electron chi connectivity index (χ3n) is 4.79. The van der Waals surface area contributed by atoms with E-state index in [1.807, 2.05) is 18.2 Å². The van der Waals surface area contributed by atoms with E-state index in [9.17, 15) is 4.79 Å². The number of carbonyl (C=O) groups is 1. The molecule has 0 aromatic carbocycles. The zero-order chi connectivity index (χ0) is 17.0. The lowest BCUT2D eigenvalue weighted by Crippen LogP contribution is -2.51. The molecule has 2 aliphatic rings. The first-order chi connectivity index (χ1) is 11.6. The molecule has 1 amide bonds. The zero-order valence-electron chi connectivity index (χ0n) is 14.7. The summed E-state index contributed by atoms with van der Waals surface area (Å²) in [6.45, 7) is 3.18. The van der Waals surface area contributed by atoms with Crippen LogP contribution in [0, 0.1) is 5.41 Å². The van der Waals surface area contributed by atoms with Crippen molar-refractivity contribution in [3.05, 3.63) is 23.9 Å². The summed E-state index contributed by atoms with van der Waals surface area (Å²) in [7, 11) is 3.41. The van der Waals surface area contributed by atoms with Gasteiger partial charge in [0, 0.05) is 44.6 Å². The number of rotatable bonds is 3. The Hall–Kier alpha value is -1.58. The van der Waals surface area contributed by atoms with Crippen LogP contribution >= 0.6 is 24.0 Å². The Labute approximate surface area is 165 Å². The standard InChI is InChI=1S/C17H25N5O2.HI/c1-18-16(19-10-13-5-3-6-15(21-13)24-2)22-8-4-7-17(12-22)9-14(23)20-11-17;/h3,5-6H,4,7-12H2,1-2H3,(H,18,19)(H,20,23);1H. The van der Waals surface area contributed by atoms with Crippen LogP contribution in [0.5, 0.6) is 5.88 Å². The Bertz CT molecular complexity index is 639. The maximum Gasteiger partial charge on any atom is 0.220 e. The molecular formula is C17H26IN5O2. The molecular weight excluding hydrogens is 433 g/mol. The Morgan fingerprint density at radius 3 is 3.04 bits per heavy atom. The number of aliphatic imine (C=N–C) groups is 1. The van der Waals surface area contributed by atoms with Crippen molar-refractivity contribution in [3.8, 4) is 5.88 Å². The molecule has 0 bridgehead atoms. The van der Waals surface area contributed by atoms with Crippen molar-refractivity contribution in [1.82, 2.24) is 20.5 Å². The van der Waals surface area contributed by atoms with Gasteiger partial charge in [-0.1, -0.05) is 6.07 Å². The number of pyridine rings is 1. The number of guanidine groups is 1. The molecule has 25 heavy (non-hydrogen) atoms. The highest BCUT2D eigenvalue weighted by Gasteiger charge is 2.42. The Balaban J connectivity index is 0.00000225. The Morgan fingerprint density at radius 2 is 2.36 bits per heavy atom. The summed E-state index contributed by atoms with van der Waals surface area (Å²) in [6.07, 6.45) is 2.79. The maximum atomic E-state index is 11.6. The summed E-state index contributed by atoms with van der Waals surface area (Å²) in [4.78, 5) is 22.7. The van der Waals surface area contributed by atoms with Crippen LogP contribution in [-0.4, -0.2) is 55.5 Å². The van der Waals surface area contributed by atoms with Gasteiger partial charge in [0.05, 0.1) is 19.3 Å². The normalized spacial score (nSPS) is 23.2. The van der Waals surface area contributed by atoms with E-state index in [0.717, 1.165) is 44.1 Å². The van der Waals surface area contributed by atoms with Crippen LogP contribution < -0.4 is 15.4 Å². The van der Waals surface area contributed by atoms with Crippen molar-refractivity contribution in [2.24, 2.45) is 10.4 Å². The number of nitrogens with zero attached hydrogens (tertiary/aromatic N) is 3. The van der Waals surface area contributed by atoms with E-state index in [0.29, 0.717) is 18.8 Å². The molecule has 3 heterocycles. The minimum atomic E-state index is 0. The van der Waals surface area contributed by atoms with Gasteiger partial charge in [0.15, 0.2) is 5.96 Å². The van der Waals surface area contributed by atoms with Gasteiger partial charge >= 0.3 is 0 Å². The van der Waals surface area contributed by atoms with Gasteiger partial charge < -0.3 is 20.3 Å². The van der Waals surface area contributed by atoms with Crippen LogP contribution in [0.25, 0.3) is 0 Å². The highest BCUT2D eigenvalue weighted by Crippen LogP contribution is 2.35. The number of likely N-dealkylation sites (tertiary alicyclic amines) is 1. The SMILES string of the molecule is CN=C(NCc1cccc(OC)n1)N1CCCC2(CNC(=O)C2)C1.I. The van der Waals surface area contributed by atoms with E-state index in [1.165, 1.54) is 0 Å². The third-order valence-corrected chi connectivity index (χ3v) is 4.79. The highest BCUT2D eigenvalue weighted by atomic mass is 127. The number of methoxy groups -OCH3 is 1. The second kappa shape index (κ2) is 8.68. The van der Waals surface area contributed by atoms with Gasteiger partial charge in [0.1, 0.15) is 0 Å². The second-order valence-corrected chi connectivity index (χ2v) is 6.55. The van der Waals surface area contributed by atoms with Gasteiger partial charge in [-0.2, -0.15) is 0 Å².